The SMILES string of the molecule is CCCC(C)C(O)c1ccc(N)cc1. The lowest BCUT2D eigenvalue weighted by Gasteiger charge is -2.18. The number of aliphatic hydroxyl groups excluding tert-OH is 1. The first-order valence-electron chi connectivity index (χ1n) is 5.18. The molecule has 0 spiro atoms. The predicted octanol–water partition coefficient (Wildman–Crippen LogP) is 2.74. The number of rotatable bonds is 4. The van der Waals surface area contributed by atoms with Crippen LogP contribution < -0.4 is 5.73 Å². The van der Waals surface area contributed by atoms with Gasteiger partial charge in [-0.25, -0.2) is 0 Å². The Kier molecular flexibility index (Phi) is 3.96. The summed E-state index contributed by atoms with van der Waals surface area (Å²) in [6.45, 7) is 4.21. The van der Waals surface area contributed by atoms with Crippen LogP contribution in [0.1, 0.15) is 38.4 Å². The lowest BCUT2D eigenvalue weighted by atomic mass is 9.93. The van der Waals surface area contributed by atoms with Crippen molar-refractivity contribution in [2.75, 3.05) is 5.73 Å². The van der Waals surface area contributed by atoms with Gasteiger partial charge < -0.3 is 10.8 Å². The molecule has 0 bridgehead atoms. The van der Waals surface area contributed by atoms with E-state index in [-0.39, 0.29) is 6.10 Å². The molecule has 0 fully saturated rings. The zero-order valence-electron chi connectivity index (χ0n) is 8.90. The van der Waals surface area contributed by atoms with E-state index in [0.29, 0.717) is 5.92 Å². The maximum absolute atomic E-state index is 9.97. The highest BCUT2D eigenvalue weighted by atomic mass is 16.3. The molecule has 14 heavy (non-hydrogen) atoms. The fraction of sp³-hybridized carbons (Fsp3) is 0.500. The molecule has 0 saturated carbocycles. The van der Waals surface area contributed by atoms with Crippen LogP contribution in [0.5, 0.6) is 0 Å². The minimum absolute atomic E-state index is 0.309. The van der Waals surface area contributed by atoms with Crippen LogP contribution in [0.15, 0.2) is 24.3 Å². The van der Waals surface area contributed by atoms with Crippen molar-refractivity contribution < 1.29 is 5.11 Å². The molecule has 0 aromatic heterocycles. The number of nitrogen functional groups attached to an aromatic ring is 1. The molecule has 2 heteroatoms. The number of benzene rings is 1. The van der Waals surface area contributed by atoms with Gasteiger partial charge in [-0.15, -0.1) is 0 Å². The summed E-state index contributed by atoms with van der Waals surface area (Å²) in [4.78, 5) is 0. The molecular weight excluding hydrogens is 174 g/mol. The molecule has 0 aliphatic carbocycles. The lowest BCUT2D eigenvalue weighted by molar-refractivity contribution is 0.112. The minimum Gasteiger partial charge on any atom is -0.399 e. The van der Waals surface area contributed by atoms with Crippen molar-refractivity contribution in [2.24, 2.45) is 5.92 Å². The molecular formula is C12H19NO. The lowest BCUT2D eigenvalue weighted by Crippen LogP contribution is -2.08. The molecule has 0 amide bonds. The normalized spacial score (nSPS) is 15.1. The molecule has 0 radical (unpaired) electrons. The average molecular weight is 193 g/mol. The molecule has 78 valence electrons. The molecule has 0 saturated heterocycles. The van der Waals surface area contributed by atoms with Gasteiger partial charge in [0.15, 0.2) is 0 Å². The fourth-order valence-electron chi connectivity index (χ4n) is 1.63. The van der Waals surface area contributed by atoms with E-state index in [1.807, 2.05) is 24.3 Å². The zero-order chi connectivity index (χ0) is 10.6. The monoisotopic (exact) mass is 193 g/mol. The van der Waals surface area contributed by atoms with Crippen molar-refractivity contribution in [3.8, 4) is 0 Å². The molecule has 1 aromatic carbocycles. The van der Waals surface area contributed by atoms with E-state index in [1.165, 1.54) is 0 Å². The zero-order valence-corrected chi connectivity index (χ0v) is 8.90. The van der Waals surface area contributed by atoms with E-state index in [9.17, 15) is 5.11 Å². The van der Waals surface area contributed by atoms with Crippen LogP contribution in [0.25, 0.3) is 0 Å². The Morgan fingerprint density at radius 3 is 2.36 bits per heavy atom. The largest absolute Gasteiger partial charge is 0.399 e. The smallest absolute Gasteiger partial charge is 0.0815 e. The van der Waals surface area contributed by atoms with E-state index in [2.05, 4.69) is 13.8 Å². The van der Waals surface area contributed by atoms with Crippen molar-refractivity contribution in [3.05, 3.63) is 29.8 Å². The quantitative estimate of drug-likeness (QED) is 0.722. The second-order valence-corrected chi connectivity index (χ2v) is 3.88. The van der Waals surface area contributed by atoms with Crippen LogP contribution in [0.3, 0.4) is 0 Å². The third kappa shape index (κ3) is 2.74. The van der Waals surface area contributed by atoms with Gasteiger partial charge in [0, 0.05) is 5.69 Å². The van der Waals surface area contributed by atoms with Crippen LogP contribution in [0.4, 0.5) is 5.69 Å². The first-order valence-corrected chi connectivity index (χ1v) is 5.18. The van der Waals surface area contributed by atoms with E-state index >= 15 is 0 Å². The Bertz CT molecular complexity index is 268. The van der Waals surface area contributed by atoms with Crippen molar-refractivity contribution >= 4 is 5.69 Å². The highest BCUT2D eigenvalue weighted by Crippen LogP contribution is 2.25. The second-order valence-electron chi connectivity index (χ2n) is 3.88. The summed E-state index contributed by atoms with van der Waals surface area (Å²) in [6, 6.07) is 7.45. The summed E-state index contributed by atoms with van der Waals surface area (Å²) in [6.07, 6.45) is 1.79. The van der Waals surface area contributed by atoms with Gasteiger partial charge in [0.1, 0.15) is 0 Å². The van der Waals surface area contributed by atoms with E-state index in [0.717, 1.165) is 24.1 Å². The van der Waals surface area contributed by atoms with E-state index in [4.69, 9.17) is 5.73 Å². The summed E-state index contributed by atoms with van der Waals surface area (Å²) in [7, 11) is 0. The summed E-state index contributed by atoms with van der Waals surface area (Å²) >= 11 is 0. The average Bonchev–Trinajstić information content (AvgIpc) is 2.18. The highest BCUT2D eigenvalue weighted by molar-refractivity contribution is 5.39. The number of hydrogen-bond acceptors (Lipinski definition) is 2. The van der Waals surface area contributed by atoms with Crippen molar-refractivity contribution in [2.45, 2.75) is 32.8 Å². The number of hydrogen-bond donors (Lipinski definition) is 2. The van der Waals surface area contributed by atoms with E-state index < -0.39 is 0 Å². The molecule has 3 N–H and O–H groups in total. The van der Waals surface area contributed by atoms with Crippen LogP contribution in [-0.4, -0.2) is 5.11 Å². The third-order valence-corrected chi connectivity index (χ3v) is 2.56. The van der Waals surface area contributed by atoms with Gasteiger partial charge in [0.05, 0.1) is 6.10 Å². The maximum atomic E-state index is 9.97. The fourth-order valence-corrected chi connectivity index (χ4v) is 1.63. The van der Waals surface area contributed by atoms with Crippen molar-refractivity contribution in [1.82, 2.24) is 0 Å². The summed E-state index contributed by atoms with van der Waals surface area (Å²) < 4.78 is 0. The topological polar surface area (TPSA) is 46.2 Å². The van der Waals surface area contributed by atoms with Crippen LogP contribution >= 0.6 is 0 Å². The van der Waals surface area contributed by atoms with Gasteiger partial charge >= 0.3 is 0 Å². The third-order valence-electron chi connectivity index (χ3n) is 2.56. The van der Waals surface area contributed by atoms with Gasteiger partial charge in [0.25, 0.3) is 0 Å². The van der Waals surface area contributed by atoms with Crippen molar-refractivity contribution in [3.63, 3.8) is 0 Å². The molecule has 2 atom stereocenters. The molecule has 0 heterocycles. The highest BCUT2D eigenvalue weighted by Gasteiger charge is 2.14. The summed E-state index contributed by atoms with van der Waals surface area (Å²) in [5, 5.41) is 9.97. The maximum Gasteiger partial charge on any atom is 0.0815 e. The number of nitrogens with two attached hydrogens (primary N) is 1. The summed E-state index contributed by atoms with van der Waals surface area (Å²) in [5.41, 5.74) is 7.28. The first-order chi connectivity index (χ1) is 6.65. The van der Waals surface area contributed by atoms with Gasteiger partial charge in [-0.3, -0.25) is 0 Å². The second kappa shape index (κ2) is 5.01. The van der Waals surface area contributed by atoms with Crippen LogP contribution in [0, 0.1) is 5.92 Å². The van der Waals surface area contributed by atoms with Gasteiger partial charge in [-0.2, -0.15) is 0 Å². The minimum atomic E-state index is -0.365. The van der Waals surface area contributed by atoms with Crippen LogP contribution in [-0.2, 0) is 0 Å². The molecule has 0 aliphatic heterocycles. The Morgan fingerprint density at radius 1 is 1.29 bits per heavy atom. The van der Waals surface area contributed by atoms with Gasteiger partial charge in [0.2, 0.25) is 0 Å². The Labute approximate surface area is 85.8 Å². The predicted molar refractivity (Wildman–Crippen MR) is 59.9 cm³/mol. The first kappa shape index (κ1) is 11.1. The number of aliphatic hydroxyl groups is 1. The van der Waals surface area contributed by atoms with E-state index in [1.54, 1.807) is 0 Å². The van der Waals surface area contributed by atoms with Crippen LogP contribution in [0.2, 0.25) is 0 Å². The Balaban J connectivity index is 2.68. The summed E-state index contributed by atoms with van der Waals surface area (Å²) in [5.74, 6) is 0.309. The standard InChI is InChI=1S/C12H19NO/c1-3-4-9(2)12(14)10-5-7-11(13)8-6-10/h5-9,12,14H,3-4,13H2,1-2H3. The van der Waals surface area contributed by atoms with Crippen molar-refractivity contribution in [1.29, 1.82) is 0 Å². The van der Waals surface area contributed by atoms with Gasteiger partial charge in [-0.1, -0.05) is 32.4 Å². The molecule has 0 aliphatic rings. The van der Waals surface area contributed by atoms with Gasteiger partial charge in [-0.05, 0) is 30.0 Å². The number of anilines is 1. The molecule has 2 unspecified atom stereocenters. The molecule has 1 aromatic rings. The Morgan fingerprint density at radius 2 is 1.86 bits per heavy atom. The molecule has 2 nitrogen and oxygen atoms in total. The molecule has 1 rings (SSSR count). The Hall–Kier alpha value is -1.02.